The van der Waals surface area contributed by atoms with Gasteiger partial charge >= 0.3 is 5.97 Å². The highest BCUT2D eigenvalue weighted by Crippen LogP contribution is 2.42. The van der Waals surface area contributed by atoms with Crippen LogP contribution in [0.1, 0.15) is 35.6 Å². The van der Waals surface area contributed by atoms with Crippen LogP contribution in [0.3, 0.4) is 0 Å². The summed E-state index contributed by atoms with van der Waals surface area (Å²) in [5, 5.41) is 11.5. The van der Waals surface area contributed by atoms with Gasteiger partial charge in [-0.25, -0.2) is 0 Å². The molecule has 1 N–H and O–H groups in total. The lowest BCUT2D eigenvalue weighted by atomic mass is 9.92. The zero-order valence-corrected chi connectivity index (χ0v) is 12.1. The minimum atomic E-state index is -0.779. The van der Waals surface area contributed by atoms with Crippen molar-refractivity contribution in [1.82, 2.24) is 0 Å². The number of hydrogen-bond donors (Lipinski definition) is 1. The fourth-order valence-corrected chi connectivity index (χ4v) is 3.66. The average molecular weight is 304 g/mol. The first-order valence-electron chi connectivity index (χ1n) is 7.54. The van der Waals surface area contributed by atoms with Crippen molar-refractivity contribution in [2.45, 2.75) is 26.2 Å². The zero-order valence-electron chi connectivity index (χ0n) is 12.1. The van der Waals surface area contributed by atoms with Crippen LogP contribution in [-0.2, 0) is 17.6 Å². The van der Waals surface area contributed by atoms with Crippen molar-refractivity contribution in [3.8, 4) is 0 Å². The normalized spacial score (nSPS) is 15.4. The number of carbonyl (C=O) groups is 1. The van der Waals surface area contributed by atoms with Gasteiger partial charge in [0.05, 0.1) is 6.42 Å². The summed E-state index contributed by atoms with van der Waals surface area (Å²) < 4.78 is 0. The van der Waals surface area contributed by atoms with Crippen molar-refractivity contribution in [2.75, 3.05) is 0 Å². The van der Waals surface area contributed by atoms with Crippen molar-refractivity contribution in [3.63, 3.8) is 0 Å². The summed E-state index contributed by atoms with van der Waals surface area (Å²) in [5.41, 5.74) is 4.88. The first-order chi connectivity index (χ1) is 10.7. The highest BCUT2D eigenvalue weighted by atomic mass is 16.4. The maximum absolute atomic E-state index is 11.1. The van der Waals surface area contributed by atoms with E-state index in [1.54, 1.807) is 0 Å². The number of carboxylic acid groups (broad SMARTS) is 1. The van der Waals surface area contributed by atoms with Crippen LogP contribution in [0.2, 0.25) is 0 Å². The lowest BCUT2D eigenvalue weighted by molar-refractivity contribution is -0.136. The van der Waals surface area contributed by atoms with Gasteiger partial charge in [0.2, 0.25) is 0 Å². The zero-order chi connectivity index (χ0) is 15.1. The van der Waals surface area contributed by atoms with Crippen molar-refractivity contribution in [3.05, 3.63) is 82.9 Å². The molecule has 1 aliphatic carbocycles. The maximum Gasteiger partial charge on any atom is 0.307 e. The van der Waals surface area contributed by atoms with Gasteiger partial charge in [-0.2, -0.15) is 0 Å². The summed E-state index contributed by atoms with van der Waals surface area (Å²) in [5.74, 6) is -0.404. The summed E-state index contributed by atoms with van der Waals surface area (Å²) in [4.78, 5) is 11.1. The molecule has 1 atom stereocenters. The fraction of sp³-hybridized carbons (Fsp3) is 0.190. The van der Waals surface area contributed by atoms with E-state index in [0.29, 0.717) is 5.92 Å². The lowest BCUT2D eigenvalue weighted by Gasteiger charge is -2.12. The SMILES string of the molecule is C.O=C(O)Cc1ccc2c3c(cccc13)C(c1ccccc1)C2. The predicted octanol–water partition coefficient (Wildman–Crippen LogP) is 4.79. The summed E-state index contributed by atoms with van der Waals surface area (Å²) >= 11 is 0. The van der Waals surface area contributed by atoms with E-state index in [9.17, 15) is 4.79 Å². The van der Waals surface area contributed by atoms with Crippen LogP contribution < -0.4 is 0 Å². The summed E-state index contributed by atoms with van der Waals surface area (Å²) in [6, 6.07) is 20.9. The van der Waals surface area contributed by atoms with E-state index in [4.69, 9.17) is 5.11 Å². The van der Waals surface area contributed by atoms with E-state index in [1.807, 2.05) is 24.3 Å². The molecule has 0 radical (unpaired) electrons. The Labute approximate surface area is 136 Å². The van der Waals surface area contributed by atoms with Gasteiger partial charge in [0, 0.05) is 5.92 Å². The molecule has 0 fully saturated rings. The third-order valence-corrected chi connectivity index (χ3v) is 4.59. The van der Waals surface area contributed by atoms with Crippen LogP contribution in [0.15, 0.2) is 60.7 Å². The highest BCUT2D eigenvalue weighted by Gasteiger charge is 2.26. The van der Waals surface area contributed by atoms with Gasteiger partial charge in [0.1, 0.15) is 0 Å². The quantitative estimate of drug-likeness (QED) is 0.755. The predicted molar refractivity (Wildman–Crippen MR) is 94.0 cm³/mol. The molecule has 0 heterocycles. The molecule has 23 heavy (non-hydrogen) atoms. The molecule has 0 saturated heterocycles. The third kappa shape index (κ3) is 2.50. The molecule has 1 aliphatic rings. The monoisotopic (exact) mass is 304 g/mol. The van der Waals surface area contributed by atoms with Crippen molar-refractivity contribution >= 4 is 16.7 Å². The Morgan fingerprint density at radius 3 is 2.52 bits per heavy atom. The number of rotatable bonds is 3. The Morgan fingerprint density at radius 2 is 1.78 bits per heavy atom. The van der Waals surface area contributed by atoms with E-state index in [1.165, 1.54) is 22.1 Å². The molecule has 1 unspecified atom stereocenters. The van der Waals surface area contributed by atoms with E-state index >= 15 is 0 Å². The third-order valence-electron chi connectivity index (χ3n) is 4.59. The minimum Gasteiger partial charge on any atom is -0.481 e. The van der Waals surface area contributed by atoms with Crippen LogP contribution in [0.4, 0.5) is 0 Å². The largest absolute Gasteiger partial charge is 0.481 e. The van der Waals surface area contributed by atoms with E-state index in [2.05, 4.69) is 36.4 Å². The Bertz CT molecular complexity index is 866. The molecular weight excluding hydrogens is 284 g/mol. The van der Waals surface area contributed by atoms with Gasteiger partial charge in [-0.3, -0.25) is 4.79 Å². The van der Waals surface area contributed by atoms with Crippen molar-refractivity contribution in [2.24, 2.45) is 0 Å². The van der Waals surface area contributed by atoms with Crippen molar-refractivity contribution in [1.29, 1.82) is 0 Å². The standard InChI is InChI=1S/C20H16O2.CH4/c21-19(22)12-14-9-10-15-11-18(13-5-2-1-3-6-13)17-8-4-7-16(14)20(15)17;/h1-10,18H,11-12H2,(H,21,22);1H4. The smallest absolute Gasteiger partial charge is 0.307 e. The number of benzene rings is 3. The van der Waals surface area contributed by atoms with E-state index in [0.717, 1.165) is 17.4 Å². The second-order valence-corrected chi connectivity index (χ2v) is 5.89. The molecular formula is C21H20O2. The Hall–Kier alpha value is -2.61. The first-order valence-corrected chi connectivity index (χ1v) is 7.54. The molecule has 0 aliphatic heterocycles. The van der Waals surface area contributed by atoms with Gasteiger partial charge in [0.15, 0.2) is 0 Å². The molecule has 4 rings (SSSR count). The molecule has 2 heteroatoms. The Morgan fingerprint density at radius 1 is 1.00 bits per heavy atom. The average Bonchev–Trinajstić information content (AvgIpc) is 2.91. The fourth-order valence-electron chi connectivity index (χ4n) is 3.66. The molecule has 0 amide bonds. The van der Waals surface area contributed by atoms with Crippen molar-refractivity contribution < 1.29 is 9.90 Å². The molecule has 0 saturated carbocycles. The lowest BCUT2D eigenvalue weighted by Crippen LogP contribution is -2.01. The minimum absolute atomic E-state index is 0. The summed E-state index contributed by atoms with van der Waals surface area (Å²) in [6.07, 6.45) is 1.07. The number of carboxylic acids is 1. The van der Waals surface area contributed by atoms with Crippen LogP contribution >= 0.6 is 0 Å². The topological polar surface area (TPSA) is 37.3 Å². The van der Waals surface area contributed by atoms with Crippen LogP contribution in [-0.4, -0.2) is 11.1 Å². The van der Waals surface area contributed by atoms with Gasteiger partial charge in [0.25, 0.3) is 0 Å². The Kier molecular flexibility index (Phi) is 3.91. The van der Waals surface area contributed by atoms with Gasteiger partial charge in [-0.05, 0) is 39.4 Å². The van der Waals surface area contributed by atoms with Crippen LogP contribution in [0.25, 0.3) is 10.8 Å². The number of hydrogen-bond acceptors (Lipinski definition) is 1. The number of aliphatic carboxylic acids is 1. The molecule has 2 nitrogen and oxygen atoms in total. The molecule has 3 aromatic carbocycles. The van der Waals surface area contributed by atoms with Crippen LogP contribution in [0.5, 0.6) is 0 Å². The summed E-state index contributed by atoms with van der Waals surface area (Å²) in [7, 11) is 0. The first kappa shape index (κ1) is 15.3. The highest BCUT2D eigenvalue weighted by molar-refractivity contribution is 5.96. The molecule has 0 spiro atoms. The molecule has 3 aromatic rings. The van der Waals surface area contributed by atoms with Gasteiger partial charge in [-0.1, -0.05) is 68.1 Å². The van der Waals surface area contributed by atoms with Gasteiger partial charge in [-0.15, -0.1) is 0 Å². The Balaban J connectivity index is 0.00000156. The summed E-state index contributed by atoms with van der Waals surface area (Å²) in [6.45, 7) is 0. The molecule has 116 valence electrons. The van der Waals surface area contributed by atoms with Gasteiger partial charge < -0.3 is 5.11 Å². The van der Waals surface area contributed by atoms with E-state index < -0.39 is 5.97 Å². The second-order valence-electron chi connectivity index (χ2n) is 5.89. The molecule has 0 bridgehead atoms. The maximum atomic E-state index is 11.1. The van der Waals surface area contributed by atoms with Crippen LogP contribution in [0, 0.1) is 0 Å². The van der Waals surface area contributed by atoms with E-state index in [-0.39, 0.29) is 13.8 Å². The second kappa shape index (κ2) is 5.88. The molecule has 0 aromatic heterocycles.